The molecule has 0 spiro atoms. The molecule has 0 bridgehead atoms. The van der Waals surface area contributed by atoms with Crippen LogP contribution in [0.5, 0.6) is 5.75 Å². The number of ether oxygens (including phenoxy) is 1. The number of nitrogens with one attached hydrogen (secondary N) is 1. The van der Waals surface area contributed by atoms with E-state index < -0.39 is 0 Å². The van der Waals surface area contributed by atoms with Crippen LogP contribution in [-0.2, 0) is 13.6 Å². The van der Waals surface area contributed by atoms with E-state index in [0.717, 1.165) is 17.0 Å². The molecule has 1 heterocycles. The van der Waals surface area contributed by atoms with E-state index in [0.29, 0.717) is 23.5 Å². The highest BCUT2D eigenvalue weighted by molar-refractivity contribution is 5.97. The van der Waals surface area contributed by atoms with Gasteiger partial charge in [0.25, 0.3) is 5.91 Å². The summed E-state index contributed by atoms with van der Waals surface area (Å²) in [5.41, 5.74) is 9.65. The van der Waals surface area contributed by atoms with Crippen LogP contribution in [0.2, 0.25) is 0 Å². The van der Waals surface area contributed by atoms with E-state index in [4.69, 9.17) is 10.5 Å². The molecule has 1 aromatic heterocycles. The Labute approximate surface area is 123 Å². The molecule has 1 amide bonds. The summed E-state index contributed by atoms with van der Waals surface area (Å²) in [6, 6.07) is 4.99. The first-order chi connectivity index (χ1) is 9.93. The van der Waals surface area contributed by atoms with Gasteiger partial charge < -0.3 is 15.8 Å². The Balaban J connectivity index is 2.17. The van der Waals surface area contributed by atoms with Gasteiger partial charge in [-0.2, -0.15) is 5.10 Å². The van der Waals surface area contributed by atoms with Crippen molar-refractivity contribution >= 4 is 11.6 Å². The van der Waals surface area contributed by atoms with Gasteiger partial charge >= 0.3 is 0 Å². The Morgan fingerprint density at radius 1 is 1.43 bits per heavy atom. The van der Waals surface area contributed by atoms with Crippen LogP contribution in [-0.4, -0.2) is 22.8 Å². The predicted molar refractivity (Wildman–Crippen MR) is 81.3 cm³/mol. The molecule has 2 rings (SSSR count). The molecule has 0 unspecified atom stereocenters. The molecule has 0 saturated heterocycles. The highest BCUT2D eigenvalue weighted by Crippen LogP contribution is 2.21. The number of hydrogen-bond acceptors (Lipinski definition) is 4. The summed E-state index contributed by atoms with van der Waals surface area (Å²) in [6.07, 6.45) is 0. The first-order valence-corrected chi connectivity index (χ1v) is 6.64. The number of aryl methyl sites for hydroxylation is 2. The number of benzene rings is 1. The van der Waals surface area contributed by atoms with Crippen molar-refractivity contribution in [3.05, 3.63) is 40.7 Å². The molecular weight excluding hydrogens is 268 g/mol. The molecular formula is C15H20N4O2. The number of nitrogen functional groups attached to an aromatic ring is 1. The minimum absolute atomic E-state index is 0.221. The van der Waals surface area contributed by atoms with Gasteiger partial charge in [0, 0.05) is 30.5 Å². The fourth-order valence-electron chi connectivity index (χ4n) is 2.24. The lowest BCUT2D eigenvalue weighted by Gasteiger charge is -2.10. The Bertz CT molecular complexity index is 677. The van der Waals surface area contributed by atoms with Crippen molar-refractivity contribution in [3.8, 4) is 5.75 Å². The highest BCUT2D eigenvalue weighted by atomic mass is 16.5. The molecule has 0 aliphatic rings. The maximum absolute atomic E-state index is 12.3. The molecule has 0 saturated carbocycles. The Morgan fingerprint density at radius 2 is 2.14 bits per heavy atom. The van der Waals surface area contributed by atoms with Crippen LogP contribution in [0.3, 0.4) is 0 Å². The number of methoxy groups -OCH3 is 1. The number of nitrogens with two attached hydrogens (primary N) is 1. The lowest BCUT2D eigenvalue weighted by molar-refractivity contribution is 0.0948. The first-order valence-electron chi connectivity index (χ1n) is 6.64. The Kier molecular flexibility index (Phi) is 4.16. The highest BCUT2D eigenvalue weighted by Gasteiger charge is 2.15. The average molecular weight is 288 g/mol. The maximum atomic E-state index is 12.3. The minimum atomic E-state index is -0.221. The fourth-order valence-corrected chi connectivity index (χ4v) is 2.24. The van der Waals surface area contributed by atoms with Crippen molar-refractivity contribution in [2.75, 3.05) is 12.8 Å². The van der Waals surface area contributed by atoms with Gasteiger partial charge in [-0.05, 0) is 32.0 Å². The molecule has 0 atom stereocenters. The van der Waals surface area contributed by atoms with Crippen molar-refractivity contribution in [1.29, 1.82) is 0 Å². The van der Waals surface area contributed by atoms with Gasteiger partial charge in [0.15, 0.2) is 0 Å². The fraction of sp³-hybridized carbons (Fsp3) is 0.333. The third kappa shape index (κ3) is 2.99. The molecule has 0 radical (unpaired) electrons. The third-order valence-corrected chi connectivity index (χ3v) is 3.55. The van der Waals surface area contributed by atoms with Crippen molar-refractivity contribution in [2.24, 2.45) is 7.05 Å². The van der Waals surface area contributed by atoms with E-state index in [9.17, 15) is 4.79 Å². The lowest BCUT2D eigenvalue weighted by Crippen LogP contribution is -2.24. The predicted octanol–water partition coefficient (Wildman–Crippen LogP) is 1.56. The summed E-state index contributed by atoms with van der Waals surface area (Å²) < 4.78 is 7.00. The molecule has 2 aromatic rings. The Morgan fingerprint density at radius 3 is 2.71 bits per heavy atom. The standard InChI is InChI=1S/C15H20N4O2/c1-9-13(10(2)19(3)18-9)8-17-15(20)12-7-11(16)5-6-14(12)21-4/h5-7H,8,16H2,1-4H3,(H,17,20). The van der Waals surface area contributed by atoms with Crippen molar-refractivity contribution in [2.45, 2.75) is 20.4 Å². The van der Waals surface area contributed by atoms with Crippen molar-refractivity contribution in [1.82, 2.24) is 15.1 Å². The van der Waals surface area contributed by atoms with Crippen LogP contribution in [0.4, 0.5) is 5.69 Å². The summed E-state index contributed by atoms with van der Waals surface area (Å²) in [5.74, 6) is 0.281. The van der Waals surface area contributed by atoms with E-state index in [1.807, 2.05) is 20.9 Å². The average Bonchev–Trinajstić information content (AvgIpc) is 2.70. The molecule has 6 nitrogen and oxygen atoms in total. The maximum Gasteiger partial charge on any atom is 0.255 e. The first kappa shape index (κ1) is 14.9. The summed E-state index contributed by atoms with van der Waals surface area (Å²) >= 11 is 0. The second kappa shape index (κ2) is 5.87. The quantitative estimate of drug-likeness (QED) is 0.836. The molecule has 3 N–H and O–H groups in total. The van der Waals surface area contributed by atoms with Crippen LogP contribution in [0.25, 0.3) is 0 Å². The van der Waals surface area contributed by atoms with Gasteiger partial charge in [-0.3, -0.25) is 9.48 Å². The number of carbonyl (C=O) groups excluding carboxylic acids is 1. The number of aromatic nitrogens is 2. The summed E-state index contributed by atoms with van der Waals surface area (Å²) in [6.45, 7) is 4.32. The number of amides is 1. The number of nitrogens with zero attached hydrogens (tertiary/aromatic N) is 2. The van der Waals surface area contributed by atoms with Gasteiger partial charge in [-0.15, -0.1) is 0 Å². The Hall–Kier alpha value is -2.50. The van der Waals surface area contributed by atoms with E-state index in [1.54, 1.807) is 22.9 Å². The van der Waals surface area contributed by atoms with Crippen LogP contribution in [0, 0.1) is 13.8 Å². The normalized spacial score (nSPS) is 10.5. The van der Waals surface area contributed by atoms with Crippen LogP contribution in [0.1, 0.15) is 27.3 Å². The topological polar surface area (TPSA) is 82.2 Å². The number of carbonyl (C=O) groups is 1. The molecule has 0 aliphatic carbocycles. The number of anilines is 1. The third-order valence-electron chi connectivity index (χ3n) is 3.55. The summed E-state index contributed by atoms with van der Waals surface area (Å²) in [7, 11) is 3.41. The van der Waals surface area contributed by atoms with Gasteiger partial charge in [0.2, 0.25) is 0 Å². The molecule has 0 aliphatic heterocycles. The molecule has 1 aromatic carbocycles. The number of rotatable bonds is 4. The zero-order chi connectivity index (χ0) is 15.6. The van der Waals surface area contributed by atoms with Gasteiger partial charge in [0.05, 0.1) is 18.4 Å². The van der Waals surface area contributed by atoms with Crippen LogP contribution in [0.15, 0.2) is 18.2 Å². The SMILES string of the molecule is COc1ccc(N)cc1C(=O)NCc1c(C)nn(C)c1C. The molecule has 112 valence electrons. The smallest absolute Gasteiger partial charge is 0.255 e. The minimum Gasteiger partial charge on any atom is -0.496 e. The molecule has 6 heteroatoms. The largest absolute Gasteiger partial charge is 0.496 e. The number of hydrogen-bond donors (Lipinski definition) is 2. The van der Waals surface area contributed by atoms with E-state index in [-0.39, 0.29) is 5.91 Å². The summed E-state index contributed by atoms with van der Waals surface area (Å²) in [5, 5.41) is 7.21. The van der Waals surface area contributed by atoms with Gasteiger partial charge in [0.1, 0.15) is 5.75 Å². The van der Waals surface area contributed by atoms with E-state index >= 15 is 0 Å². The monoisotopic (exact) mass is 288 g/mol. The van der Waals surface area contributed by atoms with Crippen molar-refractivity contribution in [3.63, 3.8) is 0 Å². The van der Waals surface area contributed by atoms with Gasteiger partial charge in [-0.25, -0.2) is 0 Å². The van der Waals surface area contributed by atoms with Gasteiger partial charge in [-0.1, -0.05) is 0 Å². The molecule has 21 heavy (non-hydrogen) atoms. The lowest BCUT2D eigenvalue weighted by atomic mass is 10.1. The van der Waals surface area contributed by atoms with Crippen LogP contribution < -0.4 is 15.8 Å². The molecule has 0 fully saturated rings. The second-order valence-electron chi connectivity index (χ2n) is 4.92. The zero-order valence-electron chi connectivity index (χ0n) is 12.7. The van der Waals surface area contributed by atoms with Crippen molar-refractivity contribution < 1.29 is 9.53 Å². The van der Waals surface area contributed by atoms with E-state index in [1.165, 1.54) is 7.11 Å². The van der Waals surface area contributed by atoms with Crippen LogP contribution >= 0.6 is 0 Å². The van der Waals surface area contributed by atoms with E-state index in [2.05, 4.69) is 10.4 Å². The second-order valence-corrected chi connectivity index (χ2v) is 4.92. The summed E-state index contributed by atoms with van der Waals surface area (Å²) in [4.78, 5) is 12.3. The zero-order valence-corrected chi connectivity index (χ0v) is 12.7.